The summed E-state index contributed by atoms with van der Waals surface area (Å²) in [5.74, 6) is 1.83. The van der Waals surface area contributed by atoms with Crippen LogP contribution < -0.4 is 18.9 Å². The predicted octanol–water partition coefficient (Wildman–Crippen LogP) is 9.68. The fourth-order valence-electron chi connectivity index (χ4n) is 8.05. The average Bonchev–Trinajstić information content (AvgIpc) is 3.32. The van der Waals surface area contributed by atoms with Gasteiger partial charge in [0.1, 0.15) is 17.2 Å². The van der Waals surface area contributed by atoms with Crippen molar-refractivity contribution in [2.24, 2.45) is 0 Å². The van der Waals surface area contributed by atoms with Gasteiger partial charge in [-0.25, -0.2) is 0 Å². The molecule has 61 heavy (non-hydrogen) atoms. The van der Waals surface area contributed by atoms with E-state index >= 15 is 0 Å². The van der Waals surface area contributed by atoms with E-state index in [0.29, 0.717) is 56.6 Å². The summed E-state index contributed by atoms with van der Waals surface area (Å²) in [6, 6.07) is 46.6. The molecular formula is C51H40N4O6. The van der Waals surface area contributed by atoms with Crippen molar-refractivity contribution < 1.29 is 28.5 Å². The highest BCUT2D eigenvalue weighted by atomic mass is 16.5. The number of hydrogen-bond donors (Lipinski definition) is 0. The van der Waals surface area contributed by atoms with Gasteiger partial charge in [0.2, 0.25) is 0 Å². The first-order valence-corrected chi connectivity index (χ1v) is 19.5. The molecule has 8 rings (SSSR count). The fraction of sp³-hybridized carbons (Fsp3) is 0.137. The van der Waals surface area contributed by atoms with Crippen LogP contribution in [-0.2, 0) is 23.9 Å². The summed E-state index contributed by atoms with van der Waals surface area (Å²) in [5.41, 5.74) is 2.41. The topological polar surface area (TPSA) is 125 Å². The highest BCUT2D eigenvalue weighted by Crippen LogP contribution is 2.44. The Morgan fingerprint density at radius 2 is 0.984 bits per heavy atom. The van der Waals surface area contributed by atoms with E-state index in [1.165, 1.54) is 9.80 Å². The Balaban J connectivity index is 1.11. The van der Waals surface area contributed by atoms with E-state index in [-0.39, 0.29) is 24.7 Å². The van der Waals surface area contributed by atoms with Crippen molar-refractivity contribution in [3.05, 3.63) is 196 Å². The zero-order valence-corrected chi connectivity index (χ0v) is 33.7. The fourth-order valence-corrected chi connectivity index (χ4v) is 8.05. The monoisotopic (exact) mass is 804 g/mol. The first-order valence-electron chi connectivity index (χ1n) is 19.5. The Kier molecular flexibility index (Phi) is 10.8. The lowest BCUT2D eigenvalue weighted by Crippen LogP contribution is -2.49. The summed E-state index contributed by atoms with van der Waals surface area (Å²) in [7, 11) is 4.68. The minimum atomic E-state index is -1.46. The Labute approximate surface area is 354 Å². The molecular weight excluding hydrogens is 765 g/mol. The molecule has 0 spiro atoms. The second-order valence-corrected chi connectivity index (χ2v) is 14.6. The smallest absolute Gasteiger partial charge is 0.259 e. The molecule has 2 aliphatic heterocycles. The molecule has 2 unspecified atom stereocenters. The first-order chi connectivity index (χ1) is 29.7. The number of nitrogens with zero attached hydrogens (tertiary/aromatic N) is 4. The van der Waals surface area contributed by atoms with Gasteiger partial charge < -0.3 is 18.9 Å². The molecule has 10 heteroatoms. The number of methoxy groups -OCH3 is 3. The van der Waals surface area contributed by atoms with Gasteiger partial charge in [0.05, 0.1) is 33.5 Å². The zero-order valence-electron chi connectivity index (χ0n) is 33.7. The number of carbonyl (C=O) groups is 2. The quantitative estimate of drug-likeness (QED) is 0.127. The van der Waals surface area contributed by atoms with Gasteiger partial charge in [0.15, 0.2) is 22.6 Å². The van der Waals surface area contributed by atoms with Crippen LogP contribution in [0.1, 0.15) is 54.1 Å². The summed E-state index contributed by atoms with van der Waals surface area (Å²) >= 11 is 0. The second kappa shape index (κ2) is 16.6. The molecule has 0 N–H and O–H groups in total. The minimum Gasteiger partial charge on any atom is -0.497 e. The van der Waals surface area contributed by atoms with Crippen molar-refractivity contribution in [1.29, 1.82) is 10.5 Å². The van der Waals surface area contributed by atoms with Crippen LogP contribution in [0, 0.1) is 22.7 Å². The molecule has 6 aromatic rings. The third-order valence-corrected chi connectivity index (χ3v) is 11.2. The molecule has 10 nitrogen and oxygen atoms in total. The third kappa shape index (κ3) is 7.32. The Bertz CT molecular complexity index is 2770. The lowest BCUT2D eigenvalue weighted by atomic mass is 9.78. The highest BCUT2D eigenvalue weighted by Gasteiger charge is 2.46. The van der Waals surface area contributed by atoms with E-state index in [9.17, 15) is 20.1 Å². The van der Waals surface area contributed by atoms with Crippen LogP contribution in [0.2, 0.25) is 0 Å². The van der Waals surface area contributed by atoms with Gasteiger partial charge in [-0.15, -0.1) is 0 Å². The minimum absolute atomic E-state index is 0.112. The molecule has 2 aliphatic rings. The Hall–Kier alpha value is -8.08. The van der Waals surface area contributed by atoms with E-state index in [4.69, 9.17) is 18.9 Å². The van der Waals surface area contributed by atoms with Crippen LogP contribution in [0.5, 0.6) is 28.7 Å². The van der Waals surface area contributed by atoms with Gasteiger partial charge in [0, 0.05) is 47.5 Å². The molecule has 0 aliphatic carbocycles. The summed E-state index contributed by atoms with van der Waals surface area (Å²) in [6.45, 7) is 0. The second-order valence-electron chi connectivity index (χ2n) is 14.6. The van der Waals surface area contributed by atoms with Gasteiger partial charge in [-0.1, -0.05) is 66.7 Å². The number of nitriles is 2. The molecule has 0 fully saturated rings. The summed E-state index contributed by atoms with van der Waals surface area (Å²) < 4.78 is 23.3. The van der Waals surface area contributed by atoms with Crippen LogP contribution in [0.3, 0.4) is 0 Å². The number of carbonyl (C=O) groups excluding carboxylic acids is 2. The number of rotatable bonds is 11. The van der Waals surface area contributed by atoms with Gasteiger partial charge in [-0.05, 0) is 107 Å². The number of amides is 2. The molecule has 2 atom stereocenters. The molecule has 2 amide bonds. The van der Waals surface area contributed by atoms with Gasteiger partial charge in [-0.3, -0.25) is 19.4 Å². The SMILES string of the molecule is COc1ccc2c(c1)C(C#N)(Cc1ccc(Oc3cc(CC4(C#N)c5cc(OC)ccc5C=CN4C(=O)c4ccccc4)ccc3OC)cc1)N(C(=O)c1ccccc1)C=C2. The van der Waals surface area contributed by atoms with Crippen LogP contribution in [-0.4, -0.2) is 42.9 Å². The van der Waals surface area contributed by atoms with Crippen molar-refractivity contribution in [3.8, 4) is 40.9 Å². The summed E-state index contributed by atoms with van der Waals surface area (Å²) in [6.07, 6.45) is 7.29. The van der Waals surface area contributed by atoms with Gasteiger partial charge in [-0.2, -0.15) is 10.5 Å². The Morgan fingerprint density at radius 3 is 1.44 bits per heavy atom. The third-order valence-electron chi connectivity index (χ3n) is 11.2. The molecule has 0 radical (unpaired) electrons. The van der Waals surface area contributed by atoms with Gasteiger partial charge >= 0.3 is 0 Å². The molecule has 0 saturated carbocycles. The Morgan fingerprint density at radius 1 is 0.525 bits per heavy atom. The molecule has 0 aromatic heterocycles. The number of benzene rings is 6. The van der Waals surface area contributed by atoms with E-state index in [1.807, 2.05) is 84.9 Å². The van der Waals surface area contributed by atoms with Crippen LogP contribution in [0.25, 0.3) is 12.2 Å². The number of fused-ring (bicyclic) bond motifs is 2. The molecule has 0 bridgehead atoms. The van der Waals surface area contributed by atoms with Crippen molar-refractivity contribution >= 4 is 24.0 Å². The van der Waals surface area contributed by atoms with Crippen LogP contribution >= 0.6 is 0 Å². The van der Waals surface area contributed by atoms with Crippen LogP contribution in [0.4, 0.5) is 0 Å². The van der Waals surface area contributed by atoms with E-state index < -0.39 is 11.1 Å². The van der Waals surface area contributed by atoms with Crippen molar-refractivity contribution in [3.63, 3.8) is 0 Å². The summed E-state index contributed by atoms with van der Waals surface area (Å²) in [5, 5.41) is 22.2. The molecule has 2 heterocycles. The van der Waals surface area contributed by atoms with E-state index in [2.05, 4.69) is 12.1 Å². The zero-order chi connectivity index (χ0) is 42.6. The normalized spacial score (nSPS) is 17.3. The van der Waals surface area contributed by atoms with Crippen molar-refractivity contribution in [2.45, 2.75) is 23.9 Å². The maximum Gasteiger partial charge on any atom is 0.259 e. The lowest BCUT2D eigenvalue weighted by Gasteiger charge is -2.41. The number of hydrogen-bond acceptors (Lipinski definition) is 8. The lowest BCUT2D eigenvalue weighted by molar-refractivity contribution is 0.0688. The summed E-state index contributed by atoms with van der Waals surface area (Å²) in [4.78, 5) is 31.2. The van der Waals surface area contributed by atoms with Gasteiger partial charge in [0.25, 0.3) is 11.8 Å². The van der Waals surface area contributed by atoms with E-state index in [0.717, 1.165) is 16.7 Å². The standard InChI is InChI=1S/C51H40N4O6/c1-58-42-21-17-37-24-26-54(48(56)39-10-6-4-7-11-39)50(33-52,44(37)29-42)31-35-14-19-41(20-15-35)61-47-28-36(16-23-46(47)60-3)32-51(34-53)45-30-43(59-2)22-18-38(45)25-27-55(51)49(57)40-12-8-5-9-13-40/h4-30H,31-32H2,1-3H3. The maximum atomic E-state index is 14.1. The van der Waals surface area contributed by atoms with Crippen molar-refractivity contribution in [1.82, 2.24) is 9.80 Å². The predicted molar refractivity (Wildman–Crippen MR) is 231 cm³/mol. The highest BCUT2D eigenvalue weighted by molar-refractivity contribution is 5.97. The first kappa shape index (κ1) is 39.7. The molecule has 6 aromatic carbocycles. The van der Waals surface area contributed by atoms with E-state index in [1.54, 1.807) is 100 Å². The number of ether oxygens (including phenoxy) is 4. The van der Waals surface area contributed by atoms with Crippen LogP contribution in [0.15, 0.2) is 152 Å². The molecule has 0 saturated heterocycles. The maximum absolute atomic E-state index is 14.1. The van der Waals surface area contributed by atoms with Crippen molar-refractivity contribution in [2.75, 3.05) is 21.3 Å². The average molecular weight is 805 g/mol. The molecule has 300 valence electrons. The largest absolute Gasteiger partial charge is 0.497 e.